The maximum absolute atomic E-state index is 3.26. The smallest absolute Gasteiger partial charge is 0.0470 e. The molecule has 2 heteroatoms. The maximum atomic E-state index is 3.26. The molecule has 0 amide bonds. The first-order valence-corrected chi connectivity index (χ1v) is 6.63. The van der Waals surface area contributed by atoms with Crippen LogP contribution in [0.15, 0.2) is 42.7 Å². The average Bonchev–Trinajstić information content (AvgIpc) is 2.87. The van der Waals surface area contributed by atoms with Crippen LogP contribution in [0.3, 0.4) is 0 Å². The molecule has 1 unspecified atom stereocenters. The van der Waals surface area contributed by atoms with Crippen LogP contribution in [0.1, 0.15) is 36.6 Å². The van der Waals surface area contributed by atoms with Gasteiger partial charge in [0.05, 0.1) is 0 Å². The quantitative estimate of drug-likeness (QED) is 0.850. The van der Waals surface area contributed by atoms with Crippen molar-refractivity contribution in [1.82, 2.24) is 9.88 Å². The zero-order valence-electron chi connectivity index (χ0n) is 11.5. The molecule has 0 saturated heterocycles. The molecule has 18 heavy (non-hydrogen) atoms. The van der Waals surface area contributed by atoms with Crippen molar-refractivity contribution in [2.24, 2.45) is 0 Å². The van der Waals surface area contributed by atoms with Crippen LogP contribution < -0.4 is 5.32 Å². The molecule has 1 N–H and O–H groups in total. The standard InChI is InChI=1S/C16H22N2/c1-4-14-5-7-15(8-6-14)11-18-10-9-16(12-18)13(2)17-3/h5-10,12-13,17H,4,11H2,1-3H3. The summed E-state index contributed by atoms with van der Waals surface area (Å²) in [6.07, 6.45) is 5.47. The van der Waals surface area contributed by atoms with Crippen LogP contribution in [0.25, 0.3) is 0 Å². The summed E-state index contributed by atoms with van der Waals surface area (Å²) in [5.41, 5.74) is 4.09. The van der Waals surface area contributed by atoms with Crippen molar-refractivity contribution in [2.75, 3.05) is 7.05 Å². The molecule has 0 saturated carbocycles. The van der Waals surface area contributed by atoms with Crippen molar-refractivity contribution in [3.63, 3.8) is 0 Å². The lowest BCUT2D eigenvalue weighted by Gasteiger charge is -2.07. The van der Waals surface area contributed by atoms with E-state index in [1.165, 1.54) is 16.7 Å². The number of nitrogens with one attached hydrogen (secondary N) is 1. The number of aromatic nitrogens is 1. The van der Waals surface area contributed by atoms with E-state index in [2.05, 4.69) is 66.5 Å². The first-order chi connectivity index (χ1) is 8.72. The number of aryl methyl sites for hydroxylation is 1. The van der Waals surface area contributed by atoms with Gasteiger partial charge in [0.15, 0.2) is 0 Å². The van der Waals surface area contributed by atoms with E-state index >= 15 is 0 Å². The molecule has 1 heterocycles. The zero-order chi connectivity index (χ0) is 13.0. The van der Waals surface area contributed by atoms with Crippen LogP contribution in [0.5, 0.6) is 0 Å². The van der Waals surface area contributed by atoms with Gasteiger partial charge < -0.3 is 9.88 Å². The van der Waals surface area contributed by atoms with Gasteiger partial charge in [0.1, 0.15) is 0 Å². The molecule has 2 rings (SSSR count). The first kappa shape index (κ1) is 12.9. The summed E-state index contributed by atoms with van der Waals surface area (Å²) in [4.78, 5) is 0. The van der Waals surface area contributed by atoms with Crippen molar-refractivity contribution in [3.05, 3.63) is 59.4 Å². The molecule has 0 aliphatic rings. The van der Waals surface area contributed by atoms with Crippen LogP contribution in [-0.4, -0.2) is 11.6 Å². The van der Waals surface area contributed by atoms with Gasteiger partial charge >= 0.3 is 0 Å². The Hall–Kier alpha value is -1.54. The van der Waals surface area contributed by atoms with E-state index in [0.717, 1.165) is 13.0 Å². The third-order valence-corrected chi connectivity index (χ3v) is 3.50. The van der Waals surface area contributed by atoms with Crippen LogP contribution in [0, 0.1) is 0 Å². The van der Waals surface area contributed by atoms with Crippen molar-refractivity contribution >= 4 is 0 Å². The van der Waals surface area contributed by atoms with E-state index in [-0.39, 0.29) is 0 Å². The Kier molecular flexibility index (Phi) is 4.21. The summed E-state index contributed by atoms with van der Waals surface area (Å²) >= 11 is 0. The highest BCUT2D eigenvalue weighted by molar-refractivity contribution is 5.23. The second kappa shape index (κ2) is 5.87. The molecule has 1 aromatic heterocycles. The number of nitrogens with zero attached hydrogens (tertiary/aromatic N) is 1. The van der Waals surface area contributed by atoms with E-state index in [4.69, 9.17) is 0 Å². The van der Waals surface area contributed by atoms with E-state index < -0.39 is 0 Å². The Morgan fingerprint density at radius 2 is 1.78 bits per heavy atom. The molecule has 2 nitrogen and oxygen atoms in total. The molecule has 0 fully saturated rings. The normalized spacial score (nSPS) is 12.6. The molecular weight excluding hydrogens is 220 g/mol. The van der Waals surface area contributed by atoms with Gasteiger partial charge in [-0.1, -0.05) is 31.2 Å². The second-order valence-corrected chi connectivity index (χ2v) is 4.80. The molecule has 1 atom stereocenters. The number of rotatable bonds is 5. The number of hydrogen-bond donors (Lipinski definition) is 1. The minimum Gasteiger partial charge on any atom is -0.350 e. The lowest BCUT2D eigenvalue weighted by atomic mass is 10.1. The third kappa shape index (κ3) is 3.02. The third-order valence-electron chi connectivity index (χ3n) is 3.50. The van der Waals surface area contributed by atoms with Gasteiger partial charge in [-0.25, -0.2) is 0 Å². The van der Waals surface area contributed by atoms with Gasteiger partial charge in [0.2, 0.25) is 0 Å². The largest absolute Gasteiger partial charge is 0.350 e. The van der Waals surface area contributed by atoms with Crippen molar-refractivity contribution in [2.45, 2.75) is 32.9 Å². The highest BCUT2D eigenvalue weighted by Gasteiger charge is 2.04. The van der Waals surface area contributed by atoms with Gasteiger partial charge in [-0.15, -0.1) is 0 Å². The Morgan fingerprint density at radius 3 is 2.39 bits per heavy atom. The van der Waals surface area contributed by atoms with Crippen molar-refractivity contribution in [3.8, 4) is 0 Å². The molecule has 0 aliphatic heterocycles. The molecule has 2 aromatic rings. The van der Waals surface area contributed by atoms with Crippen molar-refractivity contribution < 1.29 is 0 Å². The first-order valence-electron chi connectivity index (χ1n) is 6.63. The van der Waals surface area contributed by atoms with Crippen LogP contribution >= 0.6 is 0 Å². The molecule has 0 spiro atoms. The van der Waals surface area contributed by atoms with Gasteiger partial charge in [0.25, 0.3) is 0 Å². The monoisotopic (exact) mass is 242 g/mol. The maximum Gasteiger partial charge on any atom is 0.0470 e. The topological polar surface area (TPSA) is 17.0 Å². The van der Waals surface area contributed by atoms with E-state index in [1.807, 2.05) is 7.05 Å². The Labute approximate surface area is 110 Å². The number of benzene rings is 1. The minimum absolute atomic E-state index is 0.411. The fourth-order valence-corrected chi connectivity index (χ4v) is 2.07. The summed E-state index contributed by atoms with van der Waals surface area (Å²) in [5, 5.41) is 3.26. The predicted octanol–water partition coefficient (Wildman–Crippen LogP) is 3.38. The fourth-order valence-electron chi connectivity index (χ4n) is 2.07. The summed E-state index contributed by atoms with van der Waals surface area (Å²) in [6.45, 7) is 5.31. The fraction of sp³-hybridized carbons (Fsp3) is 0.375. The van der Waals surface area contributed by atoms with Crippen LogP contribution in [-0.2, 0) is 13.0 Å². The van der Waals surface area contributed by atoms with Gasteiger partial charge in [-0.3, -0.25) is 0 Å². The molecular formula is C16H22N2. The Morgan fingerprint density at radius 1 is 1.11 bits per heavy atom. The van der Waals surface area contributed by atoms with Gasteiger partial charge in [-0.05, 0) is 43.1 Å². The van der Waals surface area contributed by atoms with E-state index in [1.54, 1.807) is 0 Å². The van der Waals surface area contributed by atoms with Crippen LogP contribution in [0.2, 0.25) is 0 Å². The minimum atomic E-state index is 0.411. The van der Waals surface area contributed by atoms with Crippen molar-refractivity contribution in [1.29, 1.82) is 0 Å². The Balaban J connectivity index is 2.06. The highest BCUT2D eigenvalue weighted by atomic mass is 14.9. The molecule has 96 valence electrons. The predicted molar refractivity (Wildman–Crippen MR) is 76.8 cm³/mol. The highest BCUT2D eigenvalue weighted by Crippen LogP contribution is 2.14. The average molecular weight is 242 g/mol. The van der Waals surface area contributed by atoms with E-state index in [0.29, 0.717) is 6.04 Å². The van der Waals surface area contributed by atoms with Gasteiger partial charge in [0, 0.05) is 25.0 Å². The Bertz CT molecular complexity index is 482. The SMILES string of the molecule is CCc1ccc(Cn2ccc(C(C)NC)c2)cc1. The summed E-state index contributed by atoms with van der Waals surface area (Å²) in [5.74, 6) is 0. The number of hydrogen-bond acceptors (Lipinski definition) is 1. The molecule has 0 aliphatic carbocycles. The second-order valence-electron chi connectivity index (χ2n) is 4.80. The van der Waals surface area contributed by atoms with E-state index in [9.17, 15) is 0 Å². The summed E-state index contributed by atoms with van der Waals surface area (Å²) in [7, 11) is 1.99. The van der Waals surface area contributed by atoms with Gasteiger partial charge in [-0.2, -0.15) is 0 Å². The molecule has 1 aromatic carbocycles. The lowest BCUT2D eigenvalue weighted by Crippen LogP contribution is -2.11. The zero-order valence-corrected chi connectivity index (χ0v) is 11.5. The lowest BCUT2D eigenvalue weighted by molar-refractivity contribution is 0.649. The molecule has 0 radical (unpaired) electrons. The summed E-state index contributed by atoms with van der Waals surface area (Å²) < 4.78 is 2.24. The molecule has 0 bridgehead atoms. The van der Waals surface area contributed by atoms with Crippen LogP contribution in [0.4, 0.5) is 0 Å². The summed E-state index contributed by atoms with van der Waals surface area (Å²) in [6, 6.07) is 11.5.